The van der Waals surface area contributed by atoms with E-state index in [0.29, 0.717) is 17.5 Å². The van der Waals surface area contributed by atoms with Crippen LogP contribution in [0.15, 0.2) is 71.6 Å². The molecule has 32 heavy (non-hydrogen) atoms. The van der Waals surface area contributed by atoms with Crippen molar-refractivity contribution in [3.05, 3.63) is 77.9 Å². The minimum Gasteiger partial charge on any atom is -0.464 e. The Morgan fingerprint density at radius 3 is 2.53 bits per heavy atom. The first kappa shape index (κ1) is 23.4. The Hall–Kier alpha value is -3.23. The van der Waals surface area contributed by atoms with E-state index in [4.69, 9.17) is 15.9 Å². The van der Waals surface area contributed by atoms with Crippen molar-refractivity contribution in [3.8, 4) is 0 Å². The van der Waals surface area contributed by atoms with E-state index >= 15 is 0 Å². The number of carbonyl (C=O) groups is 1. The molecule has 0 aliphatic rings. The molecule has 0 spiro atoms. The number of nitrogens with two attached hydrogens (primary N) is 1. The van der Waals surface area contributed by atoms with Crippen molar-refractivity contribution in [2.45, 2.75) is 37.1 Å². The van der Waals surface area contributed by atoms with E-state index in [0.717, 1.165) is 17.2 Å². The molecule has 0 unspecified atom stereocenters. The number of nitrogen functional groups attached to an aromatic ring is 1. The first-order valence-electron chi connectivity index (χ1n) is 10.4. The molecule has 168 valence electrons. The van der Waals surface area contributed by atoms with Gasteiger partial charge in [0.05, 0.1) is 11.5 Å². The lowest BCUT2D eigenvalue weighted by Gasteiger charge is -2.18. The topological polar surface area (TPSA) is 122 Å². The Kier molecular flexibility index (Phi) is 7.61. The van der Waals surface area contributed by atoms with Crippen molar-refractivity contribution in [2.24, 2.45) is 5.73 Å². The van der Waals surface area contributed by atoms with Crippen LogP contribution in [0.1, 0.15) is 30.9 Å². The zero-order valence-corrected chi connectivity index (χ0v) is 18.7. The van der Waals surface area contributed by atoms with E-state index in [9.17, 15) is 13.2 Å². The maximum Gasteiger partial charge on any atom is 0.324 e. The van der Waals surface area contributed by atoms with E-state index in [-0.39, 0.29) is 23.8 Å². The second-order valence-corrected chi connectivity index (χ2v) is 9.24. The molecule has 0 saturated heterocycles. The van der Waals surface area contributed by atoms with Crippen LogP contribution in [-0.4, -0.2) is 32.9 Å². The first-order valence-corrected chi connectivity index (χ1v) is 11.9. The number of hydrogen-bond acceptors (Lipinski definition) is 5. The van der Waals surface area contributed by atoms with E-state index in [2.05, 4.69) is 4.72 Å². The van der Waals surface area contributed by atoms with Crippen molar-refractivity contribution in [2.75, 3.05) is 6.61 Å². The maximum atomic E-state index is 13.1. The number of esters is 1. The normalized spacial score (nSPS) is 12.4. The smallest absolute Gasteiger partial charge is 0.324 e. The molecule has 0 aliphatic carbocycles. The molecule has 0 aromatic heterocycles. The van der Waals surface area contributed by atoms with Crippen LogP contribution in [0.3, 0.4) is 0 Å². The van der Waals surface area contributed by atoms with Gasteiger partial charge in [-0.15, -0.1) is 0 Å². The predicted octanol–water partition coefficient (Wildman–Crippen LogP) is 3.36. The molecule has 3 rings (SSSR count). The Morgan fingerprint density at radius 1 is 1.06 bits per heavy atom. The second-order valence-electron chi connectivity index (χ2n) is 7.52. The fourth-order valence-corrected chi connectivity index (χ4v) is 4.50. The first-order chi connectivity index (χ1) is 15.3. The number of ether oxygens (including phenoxy) is 1. The van der Waals surface area contributed by atoms with Crippen LogP contribution in [0.5, 0.6) is 0 Å². The van der Waals surface area contributed by atoms with Gasteiger partial charge in [0.1, 0.15) is 11.9 Å². The van der Waals surface area contributed by atoms with E-state index < -0.39 is 22.0 Å². The van der Waals surface area contributed by atoms with Gasteiger partial charge in [0, 0.05) is 5.56 Å². The molecule has 4 N–H and O–H groups in total. The highest BCUT2D eigenvalue weighted by atomic mass is 32.2. The fourth-order valence-electron chi connectivity index (χ4n) is 3.28. The summed E-state index contributed by atoms with van der Waals surface area (Å²) >= 11 is 0. The van der Waals surface area contributed by atoms with Crippen molar-refractivity contribution in [1.29, 1.82) is 5.41 Å². The van der Waals surface area contributed by atoms with Gasteiger partial charge in [0.2, 0.25) is 10.0 Å². The van der Waals surface area contributed by atoms with Crippen LogP contribution in [-0.2, 0) is 26.0 Å². The number of fused-ring (bicyclic) bond motifs is 1. The molecule has 0 saturated carbocycles. The Morgan fingerprint density at radius 2 is 1.81 bits per heavy atom. The highest BCUT2D eigenvalue weighted by molar-refractivity contribution is 7.89. The van der Waals surface area contributed by atoms with Gasteiger partial charge in [-0.2, -0.15) is 4.72 Å². The summed E-state index contributed by atoms with van der Waals surface area (Å²) in [6.07, 6.45) is 1.61. The van der Waals surface area contributed by atoms with E-state index in [1.165, 1.54) is 6.07 Å². The standard InChI is InChI=1S/C24H27N3O4S/c1-2-3-13-31-24(28)22(15-17-7-6-10-20(14-17)23(25)26)27-32(29,30)21-12-11-18-8-4-5-9-19(18)16-21/h4-12,14,16,22,27H,2-3,13,15H2,1H3,(H3,25,26)/t22-/m0/s1. The van der Waals surface area contributed by atoms with Crippen LogP contribution < -0.4 is 10.5 Å². The number of amidine groups is 1. The van der Waals surface area contributed by atoms with Crippen LogP contribution in [0.4, 0.5) is 0 Å². The van der Waals surface area contributed by atoms with Crippen molar-refractivity contribution < 1.29 is 17.9 Å². The van der Waals surface area contributed by atoms with Gasteiger partial charge in [0.25, 0.3) is 0 Å². The van der Waals surface area contributed by atoms with Gasteiger partial charge in [-0.05, 0) is 47.4 Å². The molecule has 0 radical (unpaired) electrons. The molecule has 8 heteroatoms. The van der Waals surface area contributed by atoms with Crippen LogP contribution in [0.2, 0.25) is 0 Å². The van der Waals surface area contributed by atoms with Crippen LogP contribution >= 0.6 is 0 Å². The van der Waals surface area contributed by atoms with Gasteiger partial charge in [-0.25, -0.2) is 8.42 Å². The number of sulfonamides is 1. The van der Waals surface area contributed by atoms with Gasteiger partial charge in [-0.3, -0.25) is 10.2 Å². The lowest BCUT2D eigenvalue weighted by Crippen LogP contribution is -2.43. The molecule has 0 heterocycles. The van der Waals surface area contributed by atoms with Crippen molar-refractivity contribution in [1.82, 2.24) is 4.72 Å². The monoisotopic (exact) mass is 453 g/mol. The van der Waals surface area contributed by atoms with Crippen molar-refractivity contribution in [3.63, 3.8) is 0 Å². The minimum absolute atomic E-state index is 0.0683. The summed E-state index contributed by atoms with van der Waals surface area (Å²) in [5.41, 5.74) is 6.72. The highest BCUT2D eigenvalue weighted by Gasteiger charge is 2.27. The van der Waals surface area contributed by atoms with Gasteiger partial charge < -0.3 is 10.5 Å². The van der Waals surface area contributed by atoms with Gasteiger partial charge in [-0.1, -0.05) is 61.9 Å². The molecular weight excluding hydrogens is 426 g/mol. The summed E-state index contributed by atoms with van der Waals surface area (Å²) in [7, 11) is -3.99. The quantitative estimate of drug-likeness (QED) is 0.188. The molecule has 0 aliphatic heterocycles. The third-order valence-corrected chi connectivity index (χ3v) is 6.50. The summed E-state index contributed by atoms with van der Waals surface area (Å²) in [5, 5.41) is 9.31. The van der Waals surface area contributed by atoms with E-state index in [1.807, 2.05) is 31.2 Å². The Labute approximate surface area is 188 Å². The second kappa shape index (κ2) is 10.4. The SMILES string of the molecule is CCCCOC(=O)[C@H](Cc1cccc(C(=N)N)c1)NS(=O)(=O)c1ccc2ccccc2c1. The number of benzene rings is 3. The molecular formula is C24H27N3O4S. The van der Waals surface area contributed by atoms with Gasteiger partial charge >= 0.3 is 5.97 Å². The minimum atomic E-state index is -3.99. The summed E-state index contributed by atoms with van der Waals surface area (Å²) in [6, 6.07) is 18.0. The summed E-state index contributed by atoms with van der Waals surface area (Å²) < 4.78 is 34.1. The lowest BCUT2D eigenvalue weighted by atomic mass is 10.0. The number of hydrogen-bond donors (Lipinski definition) is 3. The zero-order valence-electron chi connectivity index (χ0n) is 17.9. The predicted molar refractivity (Wildman–Crippen MR) is 125 cm³/mol. The average molecular weight is 454 g/mol. The number of rotatable bonds is 10. The lowest BCUT2D eigenvalue weighted by molar-refractivity contribution is -0.145. The molecule has 3 aromatic carbocycles. The summed E-state index contributed by atoms with van der Waals surface area (Å²) in [4.78, 5) is 12.8. The molecule has 0 amide bonds. The molecule has 7 nitrogen and oxygen atoms in total. The maximum absolute atomic E-state index is 13.1. The number of unbranched alkanes of at least 4 members (excludes halogenated alkanes) is 1. The zero-order chi connectivity index (χ0) is 23.1. The van der Waals surface area contributed by atoms with Gasteiger partial charge in [0.15, 0.2) is 0 Å². The summed E-state index contributed by atoms with van der Waals surface area (Å²) in [5.74, 6) is -0.748. The number of nitrogens with one attached hydrogen (secondary N) is 2. The third-order valence-electron chi connectivity index (χ3n) is 5.03. The molecule has 0 bridgehead atoms. The number of carbonyl (C=O) groups excluding carboxylic acids is 1. The van der Waals surface area contributed by atoms with Crippen molar-refractivity contribution >= 4 is 32.6 Å². The fraction of sp³-hybridized carbons (Fsp3) is 0.250. The van der Waals surface area contributed by atoms with E-state index in [1.54, 1.807) is 36.4 Å². The Balaban J connectivity index is 1.88. The highest BCUT2D eigenvalue weighted by Crippen LogP contribution is 2.20. The summed E-state index contributed by atoms with van der Waals surface area (Å²) in [6.45, 7) is 2.19. The largest absolute Gasteiger partial charge is 0.464 e. The molecule has 0 fully saturated rings. The Bertz CT molecular complexity index is 1220. The third kappa shape index (κ3) is 5.93. The van der Waals surface area contributed by atoms with Crippen LogP contribution in [0, 0.1) is 5.41 Å². The van der Waals surface area contributed by atoms with Crippen LogP contribution in [0.25, 0.3) is 10.8 Å². The average Bonchev–Trinajstić information content (AvgIpc) is 2.78. The molecule has 1 atom stereocenters. The molecule has 3 aromatic rings.